The van der Waals surface area contributed by atoms with E-state index in [0.29, 0.717) is 0 Å². The molecule has 1 rings (SSSR count). The normalized spacial score (nSPS) is 17.8. The van der Waals surface area contributed by atoms with E-state index >= 15 is 0 Å². The minimum atomic E-state index is 0.0389. The summed E-state index contributed by atoms with van der Waals surface area (Å²) in [5, 5.41) is 8.98. The quantitative estimate of drug-likeness (QED) is 0.662. The summed E-state index contributed by atoms with van der Waals surface area (Å²) in [5.41, 5.74) is 1.47. The minimum Gasteiger partial charge on any atom is -0.396 e. The van der Waals surface area contributed by atoms with Crippen LogP contribution in [0.5, 0.6) is 0 Å². The molecule has 0 saturated heterocycles. The average molecular weight is 155 g/mol. The standard InChI is InChI=1S/C9H17NO/c1-8-4-10(5-8)6-9(2,3)7-11/h4,11H,5-7H2,1-3H3. The molecule has 0 aromatic heterocycles. The zero-order valence-electron chi connectivity index (χ0n) is 7.59. The topological polar surface area (TPSA) is 23.5 Å². The molecule has 0 spiro atoms. The number of nitrogens with zero attached hydrogens (tertiary/aromatic N) is 1. The van der Waals surface area contributed by atoms with Crippen LogP contribution in [-0.4, -0.2) is 29.7 Å². The lowest BCUT2D eigenvalue weighted by molar-refractivity contribution is 0.119. The Balaban J connectivity index is 2.33. The molecule has 0 aromatic carbocycles. The predicted octanol–water partition coefficient (Wildman–Crippen LogP) is 1.22. The zero-order valence-corrected chi connectivity index (χ0v) is 7.59. The summed E-state index contributed by atoms with van der Waals surface area (Å²) in [6, 6.07) is 0. The maximum atomic E-state index is 8.98. The van der Waals surface area contributed by atoms with Crippen LogP contribution in [0.4, 0.5) is 0 Å². The molecule has 0 fully saturated rings. The molecule has 64 valence electrons. The van der Waals surface area contributed by atoms with E-state index in [-0.39, 0.29) is 12.0 Å². The Labute approximate surface area is 68.5 Å². The highest BCUT2D eigenvalue weighted by Gasteiger charge is 2.22. The fraction of sp³-hybridized carbons (Fsp3) is 0.778. The van der Waals surface area contributed by atoms with Gasteiger partial charge in [-0.25, -0.2) is 0 Å². The van der Waals surface area contributed by atoms with E-state index < -0.39 is 0 Å². The Morgan fingerprint density at radius 1 is 1.64 bits per heavy atom. The number of aliphatic hydroxyl groups excluding tert-OH is 1. The van der Waals surface area contributed by atoms with Crippen LogP contribution >= 0.6 is 0 Å². The third-order valence-corrected chi connectivity index (χ3v) is 1.91. The fourth-order valence-electron chi connectivity index (χ4n) is 1.31. The summed E-state index contributed by atoms with van der Waals surface area (Å²) in [6.07, 6.45) is 2.15. The van der Waals surface area contributed by atoms with Crippen molar-refractivity contribution in [2.24, 2.45) is 5.41 Å². The van der Waals surface area contributed by atoms with Gasteiger partial charge in [0.1, 0.15) is 0 Å². The van der Waals surface area contributed by atoms with Gasteiger partial charge in [-0.15, -0.1) is 0 Å². The Bertz CT molecular complexity index is 172. The second-order valence-corrected chi connectivity index (χ2v) is 4.20. The zero-order chi connectivity index (χ0) is 8.48. The van der Waals surface area contributed by atoms with Gasteiger partial charge in [0.15, 0.2) is 0 Å². The van der Waals surface area contributed by atoms with Crippen molar-refractivity contribution in [2.75, 3.05) is 19.7 Å². The first kappa shape index (κ1) is 8.60. The highest BCUT2D eigenvalue weighted by Crippen LogP contribution is 2.21. The van der Waals surface area contributed by atoms with Gasteiger partial charge in [0, 0.05) is 31.3 Å². The Kier molecular flexibility index (Phi) is 2.23. The second-order valence-electron chi connectivity index (χ2n) is 4.20. The largest absolute Gasteiger partial charge is 0.396 e. The summed E-state index contributed by atoms with van der Waals surface area (Å²) < 4.78 is 0. The van der Waals surface area contributed by atoms with E-state index in [0.717, 1.165) is 13.1 Å². The molecular formula is C9H17NO. The van der Waals surface area contributed by atoms with Crippen LogP contribution in [0.15, 0.2) is 11.8 Å². The molecule has 1 N–H and O–H groups in total. The molecule has 0 aliphatic carbocycles. The van der Waals surface area contributed by atoms with E-state index in [1.165, 1.54) is 5.57 Å². The number of aliphatic hydroxyl groups is 1. The summed E-state index contributed by atoms with van der Waals surface area (Å²) in [4.78, 5) is 2.24. The SMILES string of the molecule is CC1=CN(CC(C)(C)CO)C1. The third-order valence-electron chi connectivity index (χ3n) is 1.91. The summed E-state index contributed by atoms with van der Waals surface area (Å²) in [6.45, 7) is 8.58. The molecule has 0 aromatic rings. The molecule has 0 amide bonds. The van der Waals surface area contributed by atoms with Gasteiger partial charge in [-0.1, -0.05) is 13.8 Å². The predicted molar refractivity (Wildman–Crippen MR) is 46.2 cm³/mol. The van der Waals surface area contributed by atoms with E-state index in [4.69, 9.17) is 5.11 Å². The monoisotopic (exact) mass is 155 g/mol. The van der Waals surface area contributed by atoms with Gasteiger partial charge >= 0.3 is 0 Å². The van der Waals surface area contributed by atoms with E-state index in [9.17, 15) is 0 Å². The van der Waals surface area contributed by atoms with Crippen molar-refractivity contribution >= 4 is 0 Å². The highest BCUT2D eigenvalue weighted by atomic mass is 16.3. The van der Waals surface area contributed by atoms with Crippen LogP contribution < -0.4 is 0 Å². The second kappa shape index (κ2) is 2.86. The lowest BCUT2D eigenvalue weighted by atomic mass is 9.93. The lowest BCUT2D eigenvalue weighted by Gasteiger charge is -2.36. The molecule has 0 bridgehead atoms. The third kappa shape index (κ3) is 2.22. The van der Waals surface area contributed by atoms with Crippen molar-refractivity contribution < 1.29 is 5.11 Å². The Hall–Kier alpha value is -0.500. The number of rotatable bonds is 3. The van der Waals surface area contributed by atoms with Gasteiger partial charge in [0.05, 0.1) is 0 Å². The van der Waals surface area contributed by atoms with Crippen LogP contribution in [0.3, 0.4) is 0 Å². The van der Waals surface area contributed by atoms with Crippen molar-refractivity contribution in [2.45, 2.75) is 20.8 Å². The van der Waals surface area contributed by atoms with E-state index in [2.05, 4.69) is 31.9 Å². The van der Waals surface area contributed by atoms with Crippen molar-refractivity contribution in [3.8, 4) is 0 Å². The molecule has 0 radical (unpaired) electrons. The van der Waals surface area contributed by atoms with Gasteiger partial charge in [-0.3, -0.25) is 0 Å². The molecule has 1 aliphatic rings. The molecule has 2 nitrogen and oxygen atoms in total. The van der Waals surface area contributed by atoms with Gasteiger partial charge in [0.25, 0.3) is 0 Å². The van der Waals surface area contributed by atoms with Gasteiger partial charge in [0.2, 0.25) is 0 Å². The lowest BCUT2D eigenvalue weighted by Crippen LogP contribution is -2.38. The number of hydrogen-bond donors (Lipinski definition) is 1. The van der Waals surface area contributed by atoms with Gasteiger partial charge in [-0.2, -0.15) is 0 Å². The average Bonchev–Trinajstić information content (AvgIpc) is 1.84. The van der Waals surface area contributed by atoms with Crippen molar-refractivity contribution in [1.82, 2.24) is 4.90 Å². The fourth-order valence-corrected chi connectivity index (χ4v) is 1.31. The first-order chi connectivity index (χ1) is 5.03. The van der Waals surface area contributed by atoms with Gasteiger partial charge in [-0.05, 0) is 12.5 Å². The Morgan fingerprint density at radius 3 is 2.55 bits per heavy atom. The van der Waals surface area contributed by atoms with Crippen LogP contribution in [-0.2, 0) is 0 Å². The summed E-state index contributed by atoms with van der Waals surface area (Å²) in [5.74, 6) is 0. The Morgan fingerprint density at radius 2 is 2.18 bits per heavy atom. The van der Waals surface area contributed by atoms with Crippen molar-refractivity contribution in [3.63, 3.8) is 0 Å². The molecular weight excluding hydrogens is 138 g/mol. The maximum Gasteiger partial charge on any atom is 0.0499 e. The van der Waals surface area contributed by atoms with E-state index in [1.54, 1.807) is 0 Å². The first-order valence-corrected chi connectivity index (χ1v) is 4.06. The molecule has 0 atom stereocenters. The number of hydrogen-bond acceptors (Lipinski definition) is 2. The van der Waals surface area contributed by atoms with Crippen LogP contribution in [0.1, 0.15) is 20.8 Å². The molecule has 0 saturated carbocycles. The first-order valence-electron chi connectivity index (χ1n) is 4.06. The smallest absolute Gasteiger partial charge is 0.0499 e. The van der Waals surface area contributed by atoms with Crippen LogP contribution in [0.2, 0.25) is 0 Å². The van der Waals surface area contributed by atoms with Gasteiger partial charge < -0.3 is 10.0 Å². The molecule has 11 heavy (non-hydrogen) atoms. The van der Waals surface area contributed by atoms with Crippen LogP contribution in [0.25, 0.3) is 0 Å². The maximum absolute atomic E-state index is 8.98. The van der Waals surface area contributed by atoms with Crippen LogP contribution in [0, 0.1) is 5.41 Å². The summed E-state index contributed by atoms with van der Waals surface area (Å²) >= 11 is 0. The molecule has 1 heterocycles. The van der Waals surface area contributed by atoms with Crippen molar-refractivity contribution in [3.05, 3.63) is 11.8 Å². The molecule has 2 heteroatoms. The molecule has 0 unspecified atom stereocenters. The summed E-state index contributed by atoms with van der Waals surface area (Å²) in [7, 11) is 0. The van der Waals surface area contributed by atoms with Crippen molar-refractivity contribution in [1.29, 1.82) is 0 Å². The van der Waals surface area contributed by atoms with E-state index in [1.807, 2.05) is 0 Å². The highest BCUT2D eigenvalue weighted by molar-refractivity contribution is 5.11. The molecule has 1 aliphatic heterocycles. The minimum absolute atomic E-state index is 0.0389.